The zero-order valence-corrected chi connectivity index (χ0v) is 9.32. The number of rotatable bonds is 2. The van der Waals surface area contributed by atoms with E-state index in [4.69, 9.17) is 5.73 Å². The molecule has 0 amide bonds. The molecule has 0 fully saturated rings. The number of allylic oxidation sites excluding steroid dienone is 1. The van der Waals surface area contributed by atoms with Crippen LogP contribution in [0.1, 0.15) is 44.0 Å². The van der Waals surface area contributed by atoms with Crippen molar-refractivity contribution in [2.75, 3.05) is 0 Å². The summed E-state index contributed by atoms with van der Waals surface area (Å²) in [5.74, 6) is 0.975. The van der Waals surface area contributed by atoms with E-state index in [2.05, 4.69) is 11.1 Å². The lowest BCUT2D eigenvalue weighted by Gasteiger charge is -2.14. The molecule has 1 heterocycles. The van der Waals surface area contributed by atoms with Crippen molar-refractivity contribution in [2.24, 2.45) is 12.8 Å². The van der Waals surface area contributed by atoms with Crippen molar-refractivity contribution in [2.45, 2.75) is 38.1 Å². The predicted molar refractivity (Wildman–Crippen MR) is 61.3 cm³/mol. The van der Waals surface area contributed by atoms with E-state index in [0.717, 1.165) is 12.2 Å². The van der Waals surface area contributed by atoms with Crippen LogP contribution in [0.4, 0.5) is 0 Å². The van der Waals surface area contributed by atoms with Crippen LogP contribution in [-0.2, 0) is 7.05 Å². The van der Waals surface area contributed by atoms with Crippen LogP contribution in [0.5, 0.6) is 0 Å². The Morgan fingerprint density at radius 2 is 2.27 bits per heavy atom. The molecule has 82 valence electrons. The van der Waals surface area contributed by atoms with E-state index in [-0.39, 0.29) is 6.04 Å². The number of imidazole rings is 1. The van der Waals surface area contributed by atoms with Crippen LogP contribution >= 0.6 is 0 Å². The van der Waals surface area contributed by atoms with Crippen molar-refractivity contribution in [1.29, 1.82) is 0 Å². The maximum atomic E-state index is 6.23. The second-order valence-corrected chi connectivity index (χ2v) is 4.25. The number of aryl methyl sites for hydroxylation is 1. The van der Waals surface area contributed by atoms with E-state index in [1.165, 1.54) is 31.3 Å². The van der Waals surface area contributed by atoms with Gasteiger partial charge in [-0.3, -0.25) is 0 Å². The first-order valence-electron chi connectivity index (χ1n) is 5.71. The van der Waals surface area contributed by atoms with Crippen molar-refractivity contribution in [3.8, 4) is 0 Å². The third-order valence-electron chi connectivity index (χ3n) is 3.11. The quantitative estimate of drug-likeness (QED) is 0.753. The van der Waals surface area contributed by atoms with Gasteiger partial charge in [-0.05, 0) is 31.3 Å². The minimum absolute atomic E-state index is 0.0110. The Balaban J connectivity index is 2.16. The number of aromatic nitrogens is 2. The summed E-state index contributed by atoms with van der Waals surface area (Å²) in [4.78, 5) is 4.32. The van der Waals surface area contributed by atoms with Gasteiger partial charge in [-0.25, -0.2) is 4.98 Å². The minimum atomic E-state index is -0.0110. The normalized spacial score (nSPS) is 19.5. The lowest BCUT2D eigenvalue weighted by Crippen LogP contribution is -2.17. The Morgan fingerprint density at radius 3 is 3.00 bits per heavy atom. The molecule has 1 aromatic rings. The molecule has 1 aromatic heterocycles. The van der Waals surface area contributed by atoms with Crippen LogP contribution in [0.25, 0.3) is 0 Å². The summed E-state index contributed by atoms with van der Waals surface area (Å²) in [6, 6.07) is -0.0110. The van der Waals surface area contributed by atoms with Crippen molar-refractivity contribution in [3.05, 3.63) is 29.9 Å². The minimum Gasteiger partial charge on any atom is -0.336 e. The highest BCUT2D eigenvalue weighted by atomic mass is 15.1. The monoisotopic (exact) mass is 205 g/mol. The van der Waals surface area contributed by atoms with E-state index in [9.17, 15) is 0 Å². The maximum Gasteiger partial charge on any atom is 0.129 e. The third kappa shape index (κ3) is 2.29. The van der Waals surface area contributed by atoms with E-state index in [0.29, 0.717) is 0 Å². The summed E-state index contributed by atoms with van der Waals surface area (Å²) in [5, 5.41) is 0. The third-order valence-corrected chi connectivity index (χ3v) is 3.11. The Kier molecular flexibility index (Phi) is 3.21. The van der Waals surface area contributed by atoms with Crippen molar-refractivity contribution in [3.63, 3.8) is 0 Å². The standard InChI is InChI=1S/C12H19N3/c1-15-9-8-14-12(15)11(13)10-6-4-2-3-5-7-10/h6,8-9,11H,2-5,7,13H2,1H3. The molecule has 2 rings (SSSR count). The Labute approximate surface area is 91.0 Å². The van der Waals surface area contributed by atoms with Gasteiger partial charge < -0.3 is 10.3 Å². The first kappa shape index (κ1) is 10.4. The van der Waals surface area contributed by atoms with Crippen LogP contribution in [0.2, 0.25) is 0 Å². The molecular formula is C12H19N3. The van der Waals surface area contributed by atoms with Gasteiger partial charge >= 0.3 is 0 Å². The van der Waals surface area contributed by atoms with E-state index >= 15 is 0 Å². The van der Waals surface area contributed by atoms with Crippen molar-refractivity contribution in [1.82, 2.24) is 9.55 Å². The fourth-order valence-corrected chi connectivity index (χ4v) is 2.16. The van der Waals surface area contributed by atoms with E-state index in [1.807, 2.05) is 24.0 Å². The van der Waals surface area contributed by atoms with Crippen LogP contribution in [-0.4, -0.2) is 9.55 Å². The van der Waals surface area contributed by atoms with Gasteiger partial charge in [0.05, 0.1) is 6.04 Å². The van der Waals surface area contributed by atoms with Gasteiger partial charge in [-0.1, -0.05) is 12.5 Å². The lowest BCUT2D eigenvalue weighted by molar-refractivity contribution is 0.653. The Morgan fingerprint density at radius 1 is 1.40 bits per heavy atom. The molecule has 2 N–H and O–H groups in total. The molecule has 1 atom stereocenters. The second kappa shape index (κ2) is 4.62. The maximum absolute atomic E-state index is 6.23. The topological polar surface area (TPSA) is 43.8 Å². The second-order valence-electron chi connectivity index (χ2n) is 4.25. The summed E-state index contributed by atoms with van der Waals surface area (Å²) < 4.78 is 2.01. The van der Waals surface area contributed by atoms with Gasteiger partial charge in [-0.15, -0.1) is 0 Å². The highest BCUT2D eigenvalue weighted by Gasteiger charge is 2.16. The van der Waals surface area contributed by atoms with Crippen LogP contribution in [0.15, 0.2) is 24.0 Å². The highest BCUT2D eigenvalue weighted by Crippen LogP contribution is 2.26. The Hall–Kier alpha value is -1.09. The van der Waals surface area contributed by atoms with Crippen LogP contribution < -0.4 is 5.73 Å². The zero-order chi connectivity index (χ0) is 10.7. The average molecular weight is 205 g/mol. The molecule has 0 spiro atoms. The molecule has 0 aromatic carbocycles. The number of nitrogens with two attached hydrogens (primary N) is 1. The fourth-order valence-electron chi connectivity index (χ4n) is 2.16. The molecular weight excluding hydrogens is 186 g/mol. The highest BCUT2D eigenvalue weighted by molar-refractivity contribution is 5.18. The van der Waals surface area contributed by atoms with Gasteiger partial charge in [0, 0.05) is 19.4 Å². The van der Waals surface area contributed by atoms with E-state index < -0.39 is 0 Å². The van der Waals surface area contributed by atoms with Crippen molar-refractivity contribution >= 4 is 0 Å². The summed E-state index contributed by atoms with van der Waals surface area (Å²) in [7, 11) is 2.00. The van der Waals surface area contributed by atoms with Crippen LogP contribution in [0, 0.1) is 0 Å². The largest absolute Gasteiger partial charge is 0.336 e. The van der Waals surface area contributed by atoms with Crippen LogP contribution in [0.3, 0.4) is 0 Å². The van der Waals surface area contributed by atoms with Gasteiger partial charge in [0.15, 0.2) is 0 Å². The summed E-state index contributed by atoms with van der Waals surface area (Å²) in [6.07, 6.45) is 12.3. The molecule has 0 saturated carbocycles. The SMILES string of the molecule is Cn1ccnc1C(N)C1=CCCCCC1. The number of hydrogen-bond donors (Lipinski definition) is 1. The number of nitrogens with zero attached hydrogens (tertiary/aromatic N) is 2. The molecule has 1 unspecified atom stereocenters. The molecule has 0 radical (unpaired) electrons. The average Bonchev–Trinajstić information content (AvgIpc) is 2.53. The number of hydrogen-bond acceptors (Lipinski definition) is 2. The van der Waals surface area contributed by atoms with Gasteiger partial charge in [-0.2, -0.15) is 0 Å². The summed E-state index contributed by atoms with van der Waals surface area (Å²) in [6.45, 7) is 0. The molecule has 3 heteroatoms. The Bertz CT molecular complexity index is 352. The first-order chi connectivity index (χ1) is 7.29. The fraction of sp³-hybridized carbons (Fsp3) is 0.583. The van der Waals surface area contributed by atoms with Crippen molar-refractivity contribution < 1.29 is 0 Å². The predicted octanol–water partition coefficient (Wildman–Crippen LogP) is 2.31. The first-order valence-corrected chi connectivity index (χ1v) is 5.71. The molecule has 0 saturated heterocycles. The van der Waals surface area contributed by atoms with Gasteiger partial charge in [0.25, 0.3) is 0 Å². The molecule has 15 heavy (non-hydrogen) atoms. The van der Waals surface area contributed by atoms with Gasteiger partial charge in [0.1, 0.15) is 5.82 Å². The molecule has 1 aliphatic rings. The summed E-state index contributed by atoms with van der Waals surface area (Å²) >= 11 is 0. The van der Waals surface area contributed by atoms with Gasteiger partial charge in [0.2, 0.25) is 0 Å². The molecule has 3 nitrogen and oxygen atoms in total. The van der Waals surface area contributed by atoms with E-state index in [1.54, 1.807) is 0 Å². The molecule has 0 bridgehead atoms. The molecule has 1 aliphatic carbocycles. The lowest BCUT2D eigenvalue weighted by atomic mass is 10.0. The smallest absolute Gasteiger partial charge is 0.129 e. The zero-order valence-electron chi connectivity index (χ0n) is 9.32. The summed E-state index contributed by atoms with van der Waals surface area (Å²) in [5.41, 5.74) is 7.60. The molecule has 0 aliphatic heterocycles.